The van der Waals surface area contributed by atoms with Gasteiger partial charge in [-0.2, -0.15) is 0 Å². The summed E-state index contributed by atoms with van der Waals surface area (Å²) in [6, 6.07) is 7.15. The molecular formula is C19H27Cl2N3O2. The second kappa shape index (κ2) is 9.58. The highest BCUT2D eigenvalue weighted by atomic mass is 35.5. The van der Waals surface area contributed by atoms with Crippen molar-refractivity contribution in [2.75, 3.05) is 18.0 Å². The van der Waals surface area contributed by atoms with Gasteiger partial charge in [0, 0.05) is 29.8 Å². The van der Waals surface area contributed by atoms with E-state index in [9.17, 15) is 9.59 Å². The molecule has 144 valence electrons. The van der Waals surface area contributed by atoms with Gasteiger partial charge in [-0.15, -0.1) is 12.4 Å². The quantitative estimate of drug-likeness (QED) is 0.746. The molecule has 1 aliphatic carbocycles. The summed E-state index contributed by atoms with van der Waals surface area (Å²) in [5, 5.41) is 3.64. The van der Waals surface area contributed by atoms with Crippen molar-refractivity contribution in [2.24, 2.45) is 17.6 Å². The SMILES string of the molecule is Cl.NCC(NC(=O)C1CCN(c2cccc(Cl)c2)C1=O)C1CCCCC1. The summed E-state index contributed by atoms with van der Waals surface area (Å²) in [5.41, 5.74) is 6.64. The Bertz CT molecular complexity index is 635. The summed E-state index contributed by atoms with van der Waals surface area (Å²) in [7, 11) is 0. The lowest BCUT2D eigenvalue weighted by Crippen LogP contribution is -2.49. The lowest BCUT2D eigenvalue weighted by Gasteiger charge is -2.30. The molecule has 0 bridgehead atoms. The Morgan fingerprint density at radius 1 is 1.27 bits per heavy atom. The Kier molecular flexibility index (Phi) is 7.74. The number of nitrogens with zero attached hydrogens (tertiary/aromatic N) is 1. The molecule has 2 atom stereocenters. The first kappa shape index (κ1) is 21.0. The van der Waals surface area contributed by atoms with Crippen LogP contribution in [-0.4, -0.2) is 30.9 Å². The summed E-state index contributed by atoms with van der Waals surface area (Å²) in [5.74, 6) is -0.533. The number of nitrogens with one attached hydrogen (secondary N) is 1. The van der Waals surface area contributed by atoms with Crippen molar-refractivity contribution >= 4 is 41.5 Å². The van der Waals surface area contributed by atoms with Gasteiger partial charge in [0.15, 0.2) is 0 Å². The predicted octanol–water partition coefficient (Wildman–Crippen LogP) is 3.14. The average molecular weight is 400 g/mol. The number of amides is 2. The monoisotopic (exact) mass is 399 g/mol. The molecule has 0 aromatic heterocycles. The van der Waals surface area contributed by atoms with Crippen molar-refractivity contribution in [2.45, 2.75) is 44.6 Å². The molecule has 0 radical (unpaired) electrons. The third kappa shape index (κ3) is 4.70. The molecule has 1 aromatic carbocycles. The highest BCUT2D eigenvalue weighted by Gasteiger charge is 2.38. The zero-order valence-electron chi connectivity index (χ0n) is 14.8. The van der Waals surface area contributed by atoms with E-state index < -0.39 is 5.92 Å². The smallest absolute Gasteiger partial charge is 0.239 e. The molecular weight excluding hydrogens is 373 g/mol. The molecule has 2 amide bonds. The number of rotatable bonds is 5. The molecule has 1 saturated carbocycles. The van der Waals surface area contributed by atoms with Gasteiger partial charge < -0.3 is 16.0 Å². The van der Waals surface area contributed by atoms with Gasteiger partial charge in [-0.25, -0.2) is 0 Å². The zero-order valence-corrected chi connectivity index (χ0v) is 16.4. The van der Waals surface area contributed by atoms with Crippen LogP contribution in [0.15, 0.2) is 24.3 Å². The maximum atomic E-state index is 12.7. The van der Waals surface area contributed by atoms with Crippen LogP contribution in [0.3, 0.4) is 0 Å². The summed E-state index contributed by atoms with van der Waals surface area (Å²) in [6.45, 7) is 0.962. The van der Waals surface area contributed by atoms with Crippen LogP contribution in [0.5, 0.6) is 0 Å². The largest absolute Gasteiger partial charge is 0.351 e. The van der Waals surface area contributed by atoms with E-state index in [1.165, 1.54) is 19.3 Å². The molecule has 26 heavy (non-hydrogen) atoms. The molecule has 2 unspecified atom stereocenters. The molecule has 2 aliphatic rings. The molecule has 3 N–H and O–H groups in total. The Morgan fingerprint density at radius 2 is 2.00 bits per heavy atom. The number of hydrogen-bond donors (Lipinski definition) is 2. The highest BCUT2D eigenvalue weighted by molar-refractivity contribution is 6.31. The normalized spacial score (nSPS) is 22.0. The summed E-state index contributed by atoms with van der Waals surface area (Å²) in [6.07, 6.45) is 6.39. The summed E-state index contributed by atoms with van der Waals surface area (Å²) >= 11 is 6.01. The minimum atomic E-state index is -0.628. The van der Waals surface area contributed by atoms with Gasteiger partial charge in [-0.1, -0.05) is 36.9 Å². The number of carbonyl (C=O) groups is 2. The van der Waals surface area contributed by atoms with Crippen LogP contribution in [0.1, 0.15) is 38.5 Å². The van der Waals surface area contributed by atoms with E-state index in [4.69, 9.17) is 17.3 Å². The fourth-order valence-corrected chi connectivity index (χ4v) is 4.20. The number of nitrogens with two attached hydrogens (primary N) is 1. The standard InChI is InChI=1S/C19H26ClN3O2.ClH/c20-14-7-4-8-15(11-14)23-10-9-16(19(23)25)18(24)22-17(12-21)13-5-2-1-3-6-13;/h4,7-8,11,13,16-17H,1-3,5-6,9-10,12,21H2,(H,22,24);1H. The highest BCUT2D eigenvalue weighted by Crippen LogP contribution is 2.29. The maximum Gasteiger partial charge on any atom is 0.239 e. The molecule has 5 nitrogen and oxygen atoms in total. The summed E-state index contributed by atoms with van der Waals surface area (Å²) in [4.78, 5) is 27.0. The predicted molar refractivity (Wildman–Crippen MR) is 107 cm³/mol. The number of carbonyl (C=O) groups excluding carboxylic acids is 2. The second-order valence-corrected chi connectivity index (χ2v) is 7.50. The van der Waals surface area contributed by atoms with Gasteiger partial charge in [0.1, 0.15) is 5.92 Å². The van der Waals surface area contributed by atoms with E-state index in [1.807, 2.05) is 12.1 Å². The van der Waals surface area contributed by atoms with Crippen LogP contribution in [0, 0.1) is 11.8 Å². The molecule has 7 heteroatoms. The number of anilines is 1. The first-order valence-electron chi connectivity index (χ1n) is 9.17. The minimum Gasteiger partial charge on any atom is -0.351 e. The van der Waals surface area contributed by atoms with Crippen molar-refractivity contribution in [3.8, 4) is 0 Å². The second-order valence-electron chi connectivity index (χ2n) is 7.06. The van der Waals surface area contributed by atoms with Gasteiger partial charge in [0.25, 0.3) is 0 Å². The summed E-state index contributed by atoms with van der Waals surface area (Å²) < 4.78 is 0. The molecule has 1 aliphatic heterocycles. The Balaban J connectivity index is 0.00000243. The first-order valence-corrected chi connectivity index (χ1v) is 9.55. The van der Waals surface area contributed by atoms with Crippen molar-refractivity contribution < 1.29 is 9.59 Å². The number of hydrogen-bond acceptors (Lipinski definition) is 3. The van der Waals surface area contributed by atoms with Crippen LogP contribution in [0.4, 0.5) is 5.69 Å². The third-order valence-electron chi connectivity index (χ3n) is 5.44. The van der Waals surface area contributed by atoms with E-state index in [-0.39, 0.29) is 30.3 Å². The Morgan fingerprint density at radius 3 is 2.65 bits per heavy atom. The van der Waals surface area contributed by atoms with Gasteiger partial charge in [-0.3, -0.25) is 9.59 Å². The Labute approximate surface area is 166 Å². The van der Waals surface area contributed by atoms with Crippen LogP contribution >= 0.6 is 24.0 Å². The van der Waals surface area contributed by atoms with Gasteiger partial charge in [-0.05, 0) is 43.4 Å². The van der Waals surface area contributed by atoms with Crippen molar-refractivity contribution in [1.29, 1.82) is 0 Å². The van der Waals surface area contributed by atoms with Gasteiger partial charge in [0.2, 0.25) is 11.8 Å². The molecule has 2 fully saturated rings. The third-order valence-corrected chi connectivity index (χ3v) is 5.68. The average Bonchev–Trinajstić information content (AvgIpc) is 3.02. The molecule has 3 rings (SSSR count). The van der Waals surface area contributed by atoms with Gasteiger partial charge in [0.05, 0.1) is 0 Å². The van der Waals surface area contributed by atoms with Gasteiger partial charge >= 0.3 is 0 Å². The molecule has 1 heterocycles. The van der Waals surface area contributed by atoms with E-state index in [0.717, 1.165) is 18.5 Å². The first-order chi connectivity index (χ1) is 12.1. The lowest BCUT2D eigenvalue weighted by atomic mass is 9.83. The van der Waals surface area contributed by atoms with Crippen LogP contribution in [-0.2, 0) is 9.59 Å². The van der Waals surface area contributed by atoms with E-state index in [1.54, 1.807) is 17.0 Å². The molecule has 0 spiro atoms. The van der Waals surface area contributed by atoms with Crippen LogP contribution < -0.4 is 16.0 Å². The maximum absolute atomic E-state index is 12.7. The molecule has 1 saturated heterocycles. The fraction of sp³-hybridized carbons (Fsp3) is 0.579. The number of halogens is 2. The number of benzene rings is 1. The topological polar surface area (TPSA) is 75.4 Å². The van der Waals surface area contributed by atoms with Crippen molar-refractivity contribution in [1.82, 2.24) is 5.32 Å². The lowest BCUT2D eigenvalue weighted by molar-refractivity contribution is -0.132. The van der Waals surface area contributed by atoms with Crippen LogP contribution in [0.2, 0.25) is 5.02 Å². The van der Waals surface area contributed by atoms with Crippen LogP contribution in [0.25, 0.3) is 0 Å². The van der Waals surface area contributed by atoms with Crippen molar-refractivity contribution in [3.05, 3.63) is 29.3 Å². The van der Waals surface area contributed by atoms with E-state index in [0.29, 0.717) is 30.5 Å². The zero-order chi connectivity index (χ0) is 17.8. The van der Waals surface area contributed by atoms with E-state index >= 15 is 0 Å². The molecule has 1 aromatic rings. The van der Waals surface area contributed by atoms with Crippen molar-refractivity contribution in [3.63, 3.8) is 0 Å². The minimum absolute atomic E-state index is 0. The van der Waals surface area contributed by atoms with E-state index in [2.05, 4.69) is 5.32 Å². The fourth-order valence-electron chi connectivity index (χ4n) is 4.01. The Hall–Kier alpha value is -1.30.